The molecule has 2 aromatic rings. The molecule has 0 aliphatic carbocycles. The first-order chi connectivity index (χ1) is 13.4. The van der Waals surface area contributed by atoms with Crippen molar-refractivity contribution in [1.29, 1.82) is 0 Å². The number of aryl methyl sites for hydroxylation is 1. The molecule has 0 aromatic heterocycles. The Morgan fingerprint density at radius 1 is 0.893 bits per heavy atom. The number of piperazine rings is 1. The van der Waals surface area contributed by atoms with E-state index in [-0.39, 0.29) is 18.0 Å². The van der Waals surface area contributed by atoms with Crippen molar-refractivity contribution >= 4 is 34.9 Å². The van der Waals surface area contributed by atoms with Gasteiger partial charge in [0, 0.05) is 42.6 Å². The van der Waals surface area contributed by atoms with Gasteiger partial charge >= 0.3 is 6.03 Å². The summed E-state index contributed by atoms with van der Waals surface area (Å²) in [6.45, 7) is 6.35. The molecule has 2 aromatic carbocycles. The van der Waals surface area contributed by atoms with E-state index in [1.54, 1.807) is 29.2 Å². The third-order valence-corrected chi connectivity index (χ3v) is 5.20. The number of nitrogens with one attached hydrogen (secondary N) is 2. The van der Waals surface area contributed by atoms with Crippen molar-refractivity contribution in [1.82, 2.24) is 9.80 Å². The van der Waals surface area contributed by atoms with Crippen molar-refractivity contribution in [2.45, 2.75) is 19.9 Å². The van der Waals surface area contributed by atoms with Gasteiger partial charge in [-0.1, -0.05) is 29.3 Å². The van der Waals surface area contributed by atoms with E-state index in [2.05, 4.69) is 15.5 Å². The Morgan fingerprint density at radius 2 is 1.43 bits per heavy atom. The fourth-order valence-corrected chi connectivity index (χ4v) is 3.22. The number of amides is 3. The van der Waals surface area contributed by atoms with Crippen LogP contribution in [0.1, 0.15) is 12.5 Å². The van der Waals surface area contributed by atoms with Crippen LogP contribution in [0.25, 0.3) is 0 Å². The van der Waals surface area contributed by atoms with Crippen LogP contribution in [-0.2, 0) is 4.79 Å². The Bertz CT molecular complexity index is 815. The number of benzene rings is 2. The minimum Gasteiger partial charge on any atom is -0.325 e. The summed E-state index contributed by atoms with van der Waals surface area (Å²) in [7, 11) is 0. The molecule has 1 atom stereocenters. The second kappa shape index (κ2) is 9.08. The van der Waals surface area contributed by atoms with E-state index < -0.39 is 0 Å². The molecule has 3 amide bonds. The Morgan fingerprint density at radius 3 is 2.04 bits per heavy atom. The van der Waals surface area contributed by atoms with E-state index in [1.165, 1.54) is 0 Å². The van der Waals surface area contributed by atoms with Gasteiger partial charge in [-0.15, -0.1) is 0 Å². The molecule has 0 radical (unpaired) electrons. The molecule has 1 aliphatic rings. The number of carbonyl (C=O) groups excluding carboxylic acids is 2. The molecule has 1 saturated heterocycles. The zero-order valence-corrected chi connectivity index (χ0v) is 16.9. The van der Waals surface area contributed by atoms with Crippen LogP contribution in [0.2, 0.25) is 5.02 Å². The molecule has 0 bridgehead atoms. The minimum absolute atomic E-state index is 0.0696. The first-order valence-corrected chi connectivity index (χ1v) is 9.73. The summed E-state index contributed by atoms with van der Waals surface area (Å²) in [4.78, 5) is 28.8. The Kier molecular flexibility index (Phi) is 6.54. The van der Waals surface area contributed by atoms with Crippen LogP contribution in [0.5, 0.6) is 0 Å². The minimum atomic E-state index is -0.280. The molecule has 0 saturated carbocycles. The molecule has 1 heterocycles. The molecule has 0 spiro atoms. The zero-order valence-electron chi connectivity index (χ0n) is 16.1. The number of halogens is 1. The standard InChI is InChI=1S/C21H25ClN4O2/c1-15-3-7-19(8-4-15)24-21(28)26-13-11-25(12-14-26)16(2)20(27)23-18-9-5-17(22)6-10-18/h3-10,16H,11-14H2,1-2H3,(H,23,27)(H,24,28). The highest BCUT2D eigenvalue weighted by Gasteiger charge is 2.27. The van der Waals surface area contributed by atoms with Crippen molar-refractivity contribution in [3.8, 4) is 0 Å². The zero-order chi connectivity index (χ0) is 20.1. The van der Waals surface area contributed by atoms with Gasteiger partial charge in [-0.25, -0.2) is 4.79 Å². The lowest BCUT2D eigenvalue weighted by Crippen LogP contribution is -2.54. The van der Waals surface area contributed by atoms with Crippen LogP contribution in [0.15, 0.2) is 48.5 Å². The predicted molar refractivity (Wildman–Crippen MR) is 113 cm³/mol. The summed E-state index contributed by atoms with van der Waals surface area (Å²) in [5.74, 6) is -0.0696. The Balaban J connectivity index is 1.48. The van der Waals surface area contributed by atoms with Crippen LogP contribution >= 0.6 is 11.6 Å². The van der Waals surface area contributed by atoms with Crippen LogP contribution in [0.3, 0.4) is 0 Å². The second-order valence-electron chi connectivity index (χ2n) is 6.99. The van der Waals surface area contributed by atoms with E-state index >= 15 is 0 Å². The number of rotatable bonds is 4. The van der Waals surface area contributed by atoms with Crippen LogP contribution in [0, 0.1) is 6.92 Å². The summed E-state index contributed by atoms with van der Waals surface area (Å²) in [6, 6.07) is 14.4. The molecular formula is C21H25ClN4O2. The number of urea groups is 1. The summed E-state index contributed by atoms with van der Waals surface area (Å²) >= 11 is 5.87. The molecule has 2 N–H and O–H groups in total. The molecule has 148 valence electrons. The molecule has 28 heavy (non-hydrogen) atoms. The SMILES string of the molecule is Cc1ccc(NC(=O)N2CCN(C(C)C(=O)Nc3ccc(Cl)cc3)CC2)cc1. The average Bonchev–Trinajstić information content (AvgIpc) is 2.71. The fourth-order valence-electron chi connectivity index (χ4n) is 3.10. The summed E-state index contributed by atoms with van der Waals surface area (Å²) in [5.41, 5.74) is 2.66. The van der Waals surface area contributed by atoms with E-state index in [1.807, 2.05) is 38.1 Å². The third-order valence-electron chi connectivity index (χ3n) is 4.94. The molecule has 1 aliphatic heterocycles. The van der Waals surface area contributed by atoms with Crippen molar-refractivity contribution < 1.29 is 9.59 Å². The largest absolute Gasteiger partial charge is 0.325 e. The number of carbonyl (C=O) groups is 2. The van der Waals surface area contributed by atoms with Crippen LogP contribution in [-0.4, -0.2) is 54.0 Å². The highest BCUT2D eigenvalue weighted by atomic mass is 35.5. The fraction of sp³-hybridized carbons (Fsp3) is 0.333. The number of hydrogen-bond acceptors (Lipinski definition) is 3. The number of anilines is 2. The van der Waals surface area contributed by atoms with Gasteiger partial charge in [-0.05, 0) is 50.2 Å². The van der Waals surface area contributed by atoms with Crippen LogP contribution in [0.4, 0.5) is 16.2 Å². The lowest BCUT2D eigenvalue weighted by molar-refractivity contribution is -0.121. The molecule has 1 fully saturated rings. The normalized spacial score (nSPS) is 15.8. The maximum Gasteiger partial charge on any atom is 0.321 e. The van der Waals surface area contributed by atoms with Gasteiger partial charge in [0.2, 0.25) is 5.91 Å². The van der Waals surface area contributed by atoms with E-state index in [4.69, 9.17) is 11.6 Å². The van der Waals surface area contributed by atoms with Crippen molar-refractivity contribution in [3.05, 3.63) is 59.1 Å². The van der Waals surface area contributed by atoms with Gasteiger partial charge in [0.15, 0.2) is 0 Å². The highest BCUT2D eigenvalue weighted by molar-refractivity contribution is 6.30. The highest BCUT2D eigenvalue weighted by Crippen LogP contribution is 2.15. The third kappa shape index (κ3) is 5.24. The monoisotopic (exact) mass is 400 g/mol. The Labute approximate surface area is 170 Å². The second-order valence-corrected chi connectivity index (χ2v) is 7.43. The summed E-state index contributed by atoms with van der Waals surface area (Å²) < 4.78 is 0. The maximum absolute atomic E-state index is 12.5. The summed E-state index contributed by atoms with van der Waals surface area (Å²) in [6.07, 6.45) is 0. The van der Waals surface area contributed by atoms with Crippen molar-refractivity contribution in [2.75, 3.05) is 36.8 Å². The smallest absolute Gasteiger partial charge is 0.321 e. The van der Waals surface area contributed by atoms with Gasteiger partial charge in [0.1, 0.15) is 0 Å². The van der Waals surface area contributed by atoms with Gasteiger partial charge in [0.05, 0.1) is 6.04 Å². The topological polar surface area (TPSA) is 64.7 Å². The number of hydrogen-bond donors (Lipinski definition) is 2. The van der Waals surface area contributed by atoms with Gasteiger partial charge in [-0.3, -0.25) is 9.69 Å². The predicted octanol–water partition coefficient (Wildman–Crippen LogP) is 3.83. The molecule has 6 nitrogen and oxygen atoms in total. The lowest BCUT2D eigenvalue weighted by atomic mass is 10.2. The molecular weight excluding hydrogens is 376 g/mol. The maximum atomic E-state index is 12.5. The summed E-state index contributed by atoms with van der Waals surface area (Å²) in [5, 5.41) is 6.46. The first-order valence-electron chi connectivity index (χ1n) is 9.35. The first kappa shape index (κ1) is 20.2. The molecule has 7 heteroatoms. The van der Waals surface area contributed by atoms with Crippen molar-refractivity contribution in [3.63, 3.8) is 0 Å². The lowest BCUT2D eigenvalue weighted by Gasteiger charge is -2.37. The van der Waals surface area contributed by atoms with Gasteiger partial charge < -0.3 is 15.5 Å². The van der Waals surface area contributed by atoms with Gasteiger partial charge in [-0.2, -0.15) is 0 Å². The average molecular weight is 401 g/mol. The molecule has 3 rings (SSSR count). The van der Waals surface area contributed by atoms with E-state index in [0.717, 1.165) is 16.9 Å². The van der Waals surface area contributed by atoms with Crippen molar-refractivity contribution in [2.24, 2.45) is 0 Å². The quantitative estimate of drug-likeness (QED) is 0.819. The molecule has 1 unspecified atom stereocenters. The number of nitrogens with zero attached hydrogens (tertiary/aromatic N) is 2. The van der Waals surface area contributed by atoms with E-state index in [9.17, 15) is 9.59 Å². The Hall–Kier alpha value is -2.57. The van der Waals surface area contributed by atoms with E-state index in [0.29, 0.717) is 31.2 Å². The van der Waals surface area contributed by atoms with Gasteiger partial charge in [0.25, 0.3) is 0 Å². The van der Waals surface area contributed by atoms with Crippen LogP contribution < -0.4 is 10.6 Å².